The van der Waals surface area contributed by atoms with E-state index < -0.39 is 0 Å². The molecule has 0 N–H and O–H groups in total. The molecule has 142 valence electrons. The van der Waals surface area contributed by atoms with Crippen LogP contribution in [0, 0.1) is 5.92 Å². The predicted molar refractivity (Wildman–Crippen MR) is 103 cm³/mol. The fourth-order valence-electron chi connectivity index (χ4n) is 3.60. The largest absolute Gasteiger partial charge is 0.353 e. The van der Waals surface area contributed by atoms with Gasteiger partial charge >= 0.3 is 0 Å². The minimum absolute atomic E-state index is 0.0156. The molecule has 0 unspecified atom stereocenters. The van der Waals surface area contributed by atoms with Gasteiger partial charge in [0.2, 0.25) is 5.95 Å². The first-order valence-electron chi connectivity index (χ1n) is 9.59. The van der Waals surface area contributed by atoms with E-state index in [9.17, 15) is 4.79 Å². The minimum Gasteiger partial charge on any atom is -0.353 e. The zero-order chi connectivity index (χ0) is 18.6. The van der Waals surface area contributed by atoms with Crippen LogP contribution < -0.4 is 9.80 Å². The molecule has 0 aromatic carbocycles. The maximum atomic E-state index is 12.8. The number of piperidine rings is 1. The summed E-state index contributed by atoms with van der Waals surface area (Å²) in [4.78, 5) is 36.3. The molecule has 2 fully saturated rings. The number of anilines is 2. The lowest BCUT2D eigenvalue weighted by Gasteiger charge is -2.35. The van der Waals surface area contributed by atoms with Crippen molar-refractivity contribution in [1.29, 1.82) is 0 Å². The van der Waals surface area contributed by atoms with Gasteiger partial charge in [0.25, 0.3) is 5.91 Å². The van der Waals surface area contributed by atoms with Gasteiger partial charge in [0.05, 0.1) is 0 Å². The van der Waals surface area contributed by atoms with Crippen LogP contribution in [-0.2, 0) is 0 Å². The number of piperazine rings is 1. The number of carbonyl (C=O) groups is 1. The van der Waals surface area contributed by atoms with E-state index in [4.69, 9.17) is 0 Å². The van der Waals surface area contributed by atoms with Crippen molar-refractivity contribution in [3.8, 4) is 0 Å². The highest BCUT2D eigenvalue weighted by molar-refractivity contribution is 5.93. The molecule has 8 nitrogen and oxygen atoms in total. The molecular weight excluding hydrogens is 342 g/mol. The Balaban J connectivity index is 1.40. The molecule has 0 radical (unpaired) electrons. The van der Waals surface area contributed by atoms with Gasteiger partial charge in [-0.25, -0.2) is 19.9 Å². The molecule has 0 spiro atoms. The van der Waals surface area contributed by atoms with Crippen molar-refractivity contribution in [2.45, 2.75) is 19.8 Å². The van der Waals surface area contributed by atoms with Gasteiger partial charge in [0.1, 0.15) is 17.8 Å². The Morgan fingerprint density at radius 2 is 1.59 bits per heavy atom. The molecule has 2 aliphatic heterocycles. The van der Waals surface area contributed by atoms with E-state index in [-0.39, 0.29) is 5.91 Å². The van der Waals surface area contributed by atoms with Gasteiger partial charge in [0.15, 0.2) is 0 Å². The maximum absolute atomic E-state index is 12.8. The molecule has 2 aromatic rings. The number of amides is 1. The van der Waals surface area contributed by atoms with Crippen LogP contribution in [-0.4, -0.2) is 70.0 Å². The summed E-state index contributed by atoms with van der Waals surface area (Å²) in [7, 11) is 0. The molecule has 27 heavy (non-hydrogen) atoms. The second-order valence-electron chi connectivity index (χ2n) is 7.26. The fourth-order valence-corrected chi connectivity index (χ4v) is 3.60. The van der Waals surface area contributed by atoms with Crippen LogP contribution in [0.2, 0.25) is 0 Å². The van der Waals surface area contributed by atoms with Crippen molar-refractivity contribution in [3.63, 3.8) is 0 Å². The molecule has 1 amide bonds. The molecule has 2 saturated heterocycles. The smallest absolute Gasteiger partial charge is 0.272 e. The van der Waals surface area contributed by atoms with Crippen LogP contribution in [0.3, 0.4) is 0 Å². The maximum Gasteiger partial charge on any atom is 0.272 e. The molecule has 2 aliphatic rings. The third-order valence-corrected chi connectivity index (χ3v) is 5.38. The van der Waals surface area contributed by atoms with Gasteiger partial charge in [0, 0.05) is 57.7 Å². The quantitative estimate of drug-likeness (QED) is 0.813. The van der Waals surface area contributed by atoms with E-state index in [1.54, 1.807) is 12.4 Å². The first kappa shape index (κ1) is 17.6. The first-order valence-corrected chi connectivity index (χ1v) is 9.59. The van der Waals surface area contributed by atoms with Gasteiger partial charge in [-0.3, -0.25) is 4.79 Å². The van der Waals surface area contributed by atoms with Crippen LogP contribution in [0.4, 0.5) is 11.8 Å². The highest BCUT2D eigenvalue weighted by Crippen LogP contribution is 2.20. The van der Waals surface area contributed by atoms with E-state index in [2.05, 4.69) is 36.7 Å². The molecule has 0 bridgehead atoms. The third-order valence-electron chi connectivity index (χ3n) is 5.38. The lowest BCUT2D eigenvalue weighted by atomic mass is 9.99. The average Bonchev–Trinajstić information content (AvgIpc) is 2.75. The zero-order valence-corrected chi connectivity index (χ0v) is 15.7. The Hall–Kier alpha value is -2.77. The SMILES string of the molecule is CC1CCN(C(=O)c2cc(N3CCN(c4ncccn4)CC3)ncn2)CC1. The van der Waals surface area contributed by atoms with Crippen molar-refractivity contribution in [2.75, 3.05) is 49.1 Å². The van der Waals surface area contributed by atoms with Crippen LogP contribution >= 0.6 is 0 Å². The molecule has 4 heterocycles. The van der Waals surface area contributed by atoms with Crippen LogP contribution in [0.1, 0.15) is 30.3 Å². The standard InChI is InChI=1S/C19H25N7O/c1-15-3-7-25(8-4-15)18(27)16-13-17(23-14-22-16)24-9-11-26(12-10-24)19-20-5-2-6-21-19/h2,5-6,13-15H,3-4,7-12H2,1H3. The second-order valence-corrected chi connectivity index (χ2v) is 7.26. The summed E-state index contributed by atoms with van der Waals surface area (Å²) in [6, 6.07) is 3.65. The highest BCUT2D eigenvalue weighted by atomic mass is 16.2. The second kappa shape index (κ2) is 7.85. The summed E-state index contributed by atoms with van der Waals surface area (Å²) in [5.41, 5.74) is 0.489. The van der Waals surface area contributed by atoms with E-state index in [0.29, 0.717) is 11.6 Å². The third kappa shape index (κ3) is 3.99. The Kier molecular flexibility index (Phi) is 5.13. The number of aromatic nitrogens is 4. The van der Waals surface area contributed by atoms with Crippen molar-refractivity contribution in [2.24, 2.45) is 5.92 Å². The summed E-state index contributed by atoms with van der Waals surface area (Å²) in [6.07, 6.45) is 7.15. The molecule has 2 aromatic heterocycles. The number of carbonyl (C=O) groups excluding carboxylic acids is 1. The number of rotatable bonds is 3. The molecule has 0 atom stereocenters. The Morgan fingerprint density at radius 1 is 0.926 bits per heavy atom. The molecular formula is C19H25N7O. The van der Waals surface area contributed by atoms with Gasteiger partial charge < -0.3 is 14.7 Å². The van der Waals surface area contributed by atoms with E-state index in [1.165, 1.54) is 6.33 Å². The van der Waals surface area contributed by atoms with Crippen molar-refractivity contribution in [3.05, 3.63) is 36.5 Å². The molecule has 4 rings (SSSR count). The van der Waals surface area contributed by atoms with Crippen LogP contribution in [0.15, 0.2) is 30.9 Å². The summed E-state index contributed by atoms with van der Waals surface area (Å²) >= 11 is 0. The van der Waals surface area contributed by atoms with E-state index in [1.807, 2.05) is 17.0 Å². The predicted octanol–water partition coefficient (Wildman–Crippen LogP) is 1.47. The Labute approximate surface area is 159 Å². The Bertz CT molecular complexity index is 769. The summed E-state index contributed by atoms with van der Waals surface area (Å²) < 4.78 is 0. The highest BCUT2D eigenvalue weighted by Gasteiger charge is 2.24. The normalized spacial score (nSPS) is 18.6. The average molecular weight is 367 g/mol. The van der Waals surface area contributed by atoms with Gasteiger partial charge in [-0.05, 0) is 24.8 Å². The van der Waals surface area contributed by atoms with Gasteiger partial charge in [-0.2, -0.15) is 0 Å². The molecule has 8 heteroatoms. The number of hydrogen-bond donors (Lipinski definition) is 0. The number of nitrogens with zero attached hydrogens (tertiary/aromatic N) is 7. The summed E-state index contributed by atoms with van der Waals surface area (Å²) in [6.45, 7) is 7.13. The first-order chi connectivity index (χ1) is 13.2. The van der Waals surface area contributed by atoms with Crippen LogP contribution in [0.25, 0.3) is 0 Å². The lowest BCUT2D eigenvalue weighted by Crippen LogP contribution is -2.47. The Morgan fingerprint density at radius 3 is 2.30 bits per heavy atom. The van der Waals surface area contributed by atoms with Crippen molar-refractivity contribution >= 4 is 17.7 Å². The van der Waals surface area contributed by atoms with E-state index in [0.717, 1.165) is 63.9 Å². The zero-order valence-electron chi connectivity index (χ0n) is 15.7. The minimum atomic E-state index is 0.0156. The topological polar surface area (TPSA) is 78.4 Å². The van der Waals surface area contributed by atoms with Gasteiger partial charge in [-0.1, -0.05) is 6.92 Å². The number of hydrogen-bond acceptors (Lipinski definition) is 7. The van der Waals surface area contributed by atoms with E-state index >= 15 is 0 Å². The molecule has 0 aliphatic carbocycles. The fraction of sp³-hybridized carbons (Fsp3) is 0.526. The van der Waals surface area contributed by atoms with Crippen LogP contribution in [0.5, 0.6) is 0 Å². The summed E-state index contributed by atoms with van der Waals surface area (Å²) in [5.74, 6) is 2.28. The molecule has 0 saturated carbocycles. The summed E-state index contributed by atoms with van der Waals surface area (Å²) in [5, 5.41) is 0. The number of likely N-dealkylation sites (tertiary alicyclic amines) is 1. The van der Waals surface area contributed by atoms with Crippen molar-refractivity contribution < 1.29 is 4.79 Å². The van der Waals surface area contributed by atoms with Gasteiger partial charge in [-0.15, -0.1) is 0 Å². The lowest BCUT2D eigenvalue weighted by molar-refractivity contribution is 0.0691. The monoisotopic (exact) mass is 367 g/mol. The van der Waals surface area contributed by atoms with Crippen molar-refractivity contribution in [1.82, 2.24) is 24.8 Å².